The Bertz CT molecular complexity index is 514. The van der Waals surface area contributed by atoms with Crippen molar-refractivity contribution in [1.82, 2.24) is 10.2 Å². The highest BCUT2D eigenvalue weighted by Crippen LogP contribution is 2.28. The van der Waals surface area contributed by atoms with E-state index in [1.54, 1.807) is 14.1 Å². The fraction of sp³-hybridized carbons (Fsp3) is 0.467. The SMILES string of the molecule is CC1Nc2ccccc2CC1C(=O)NCC(=O)N(C)C. The van der Waals surface area contributed by atoms with Crippen LogP contribution in [0, 0.1) is 5.92 Å². The lowest BCUT2D eigenvalue weighted by molar-refractivity contribution is -0.132. The quantitative estimate of drug-likeness (QED) is 0.860. The summed E-state index contributed by atoms with van der Waals surface area (Å²) in [6.07, 6.45) is 0.701. The second-order valence-corrected chi connectivity index (χ2v) is 5.41. The van der Waals surface area contributed by atoms with Crippen LogP contribution in [0.5, 0.6) is 0 Å². The van der Waals surface area contributed by atoms with Crippen LogP contribution in [0.2, 0.25) is 0 Å². The number of amides is 2. The van der Waals surface area contributed by atoms with Gasteiger partial charge in [-0.2, -0.15) is 0 Å². The molecule has 0 spiro atoms. The second-order valence-electron chi connectivity index (χ2n) is 5.41. The van der Waals surface area contributed by atoms with Crippen LogP contribution < -0.4 is 10.6 Å². The van der Waals surface area contributed by atoms with Crippen molar-refractivity contribution in [1.29, 1.82) is 0 Å². The monoisotopic (exact) mass is 275 g/mol. The van der Waals surface area contributed by atoms with E-state index in [1.807, 2.05) is 31.2 Å². The van der Waals surface area contributed by atoms with Crippen molar-refractivity contribution in [2.45, 2.75) is 19.4 Å². The third kappa shape index (κ3) is 3.10. The molecule has 2 amide bonds. The van der Waals surface area contributed by atoms with E-state index >= 15 is 0 Å². The van der Waals surface area contributed by atoms with E-state index in [1.165, 1.54) is 4.90 Å². The molecule has 0 bridgehead atoms. The number of carbonyl (C=O) groups is 2. The zero-order chi connectivity index (χ0) is 14.7. The van der Waals surface area contributed by atoms with Crippen LogP contribution in [0.4, 0.5) is 5.69 Å². The van der Waals surface area contributed by atoms with Gasteiger partial charge >= 0.3 is 0 Å². The first-order valence-electron chi connectivity index (χ1n) is 6.81. The number of nitrogens with zero attached hydrogens (tertiary/aromatic N) is 1. The number of hydrogen-bond acceptors (Lipinski definition) is 3. The number of nitrogens with one attached hydrogen (secondary N) is 2. The highest BCUT2D eigenvalue weighted by Gasteiger charge is 2.30. The Labute approximate surface area is 119 Å². The maximum atomic E-state index is 12.2. The smallest absolute Gasteiger partial charge is 0.241 e. The van der Waals surface area contributed by atoms with E-state index in [4.69, 9.17) is 0 Å². The summed E-state index contributed by atoms with van der Waals surface area (Å²) in [5.74, 6) is -0.329. The minimum absolute atomic E-state index is 0.0523. The number of para-hydroxylation sites is 1. The first-order valence-corrected chi connectivity index (χ1v) is 6.81. The van der Waals surface area contributed by atoms with Gasteiger partial charge in [-0.1, -0.05) is 18.2 Å². The van der Waals surface area contributed by atoms with Gasteiger partial charge in [0.1, 0.15) is 0 Å². The van der Waals surface area contributed by atoms with Crippen molar-refractivity contribution in [2.24, 2.45) is 5.92 Å². The predicted molar refractivity (Wildman–Crippen MR) is 78.4 cm³/mol. The lowest BCUT2D eigenvalue weighted by Gasteiger charge is -2.31. The molecule has 2 N–H and O–H groups in total. The summed E-state index contributed by atoms with van der Waals surface area (Å²) < 4.78 is 0. The summed E-state index contributed by atoms with van der Waals surface area (Å²) in [5, 5.41) is 6.07. The molecule has 2 rings (SSSR count). The molecular weight excluding hydrogens is 254 g/mol. The summed E-state index contributed by atoms with van der Waals surface area (Å²) in [7, 11) is 3.35. The van der Waals surface area contributed by atoms with Crippen molar-refractivity contribution in [3.63, 3.8) is 0 Å². The van der Waals surface area contributed by atoms with Crippen molar-refractivity contribution >= 4 is 17.5 Å². The first kappa shape index (κ1) is 14.4. The Hall–Kier alpha value is -2.04. The number of anilines is 1. The average molecular weight is 275 g/mol. The van der Waals surface area contributed by atoms with Crippen molar-refractivity contribution < 1.29 is 9.59 Å². The lowest BCUT2D eigenvalue weighted by atomic mass is 9.87. The largest absolute Gasteiger partial charge is 0.382 e. The number of rotatable bonds is 3. The third-order valence-electron chi connectivity index (χ3n) is 3.69. The highest BCUT2D eigenvalue weighted by atomic mass is 16.2. The van der Waals surface area contributed by atoms with Gasteiger partial charge in [0.2, 0.25) is 11.8 Å². The molecule has 0 radical (unpaired) electrons. The van der Waals surface area contributed by atoms with E-state index in [0.29, 0.717) is 6.42 Å². The normalized spacial score (nSPS) is 20.6. The summed E-state index contributed by atoms with van der Waals surface area (Å²) in [6.45, 7) is 2.05. The van der Waals surface area contributed by atoms with Gasteiger partial charge in [0, 0.05) is 25.8 Å². The fourth-order valence-corrected chi connectivity index (χ4v) is 2.37. The minimum atomic E-state index is -0.153. The molecule has 1 aliphatic rings. The Morgan fingerprint density at radius 1 is 1.35 bits per heavy atom. The molecule has 1 heterocycles. The highest BCUT2D eigenvalue weighted by molar-refractivity contribution is 5.86. The van der Waals surface area contributed by atoms with Gasteiger partial charge < -0.3 is 15.5 Å². The number of likely N-dealkylation sites (N-methyl/N-ethyl adjacent to an activating group) is 1. The van der Waals surface area contributed by atoms with Crippen LogP contribution in [0.15, 0.2) is 24.3 Å². The Morgan fingerprint density at radius 3 is 2.75 bits per heavy atom. The maximum absolute atomic E-state index is 12.2. The molecule has 20 heavy (non-hydrogen) atoms. The average Bonchev–Trinajstić information content (AvgIpc) is 2.43. The molecule has 1 aliphatic heterocycles. The van der Waals surface area contributed by atoms with Gasteiger partial charge in [-0.15, -0.1) is 0 Å². The second kappa shape index (κ2) is 5.94. The van der Waals surface area contributed by atoms with Gasteiger partial charge in [-0.05, 0) is 25.0 Å². The molecule has 0 aliphatic carbocycles. The molecule has 108 valence electrons. The maximum Gasteiger partial charge on any atom is 0.241 e. The van der Waals surface area contributed by atoms with Crippen LogP contribution in [0.25, 0.3) is 0 Å². The standard InChI is InChI=1S/C15H21N3O2/c1-10-12(15(20)16-9-14(19)18(2)3)8-11-6-4-5-7-13(11)17-10/h4-7,10,12,17H,8-9H2,1-3H3,(H,16,20). The molecule has 0 fully saturated rings. The summed E-state index contributed by atoms with van der Waals surface area (Å²) in [5.41, 5.74) is 2.23. The van der Waals surface area contributed by atoms with Crippen molar-refractivity contribution in [3.05, 3.63) is 29.8 Å². The zero-order valence-electron chi connectivity index (χ0n) is 12.1. The number of benzene rings is 1. The summed E-state index contributed by atoms with van der Waals surface area (Å²) in [4.78, 5) is 25.2. The van der Waals surface area contributed by atoms with Gasteiger partial charge in [0.15, 0.2) is 0 Å². The first-order chi connectivity index (χ1) is 9.49. The number of carbonyl (C=O) groups excluding carboxylic acids is 2. The van der Waals surface area contributed by atoms with E-state index in [2.05, 4.69) is 10.6 Å². The van der Waals surface area contributed by atoms with Crippen molar-refractivity contribution in [2.75, 3.05) is 26.0 Å². The van der Waals surface area contributed by atoms with Gasteiger partial charge in [0.25, 0.3) is 0 Å². The zero-order valence-corrected chi connectivity index (χ0v) is 12.1. The van der Waals surface area contributed by atoms with Crippen LogP contribution in [-0.4, -0.2) is 43.4 Å². The topological polar surface area (TPSA) is 61.4 Å². The van der Waals surface area contributed by atoms with E-state index in [0.717, 1.165) is 11.3 Å². The summed E-state index contributed by atoms with van der Waals surface area (Å²) in [6, 6.07) is 8.06. The molecule has 0 saturated heterocycles. The fourth-order valence-electron chi connectivity index (χ4n) is 2.37. The minimum Gasteiger partial charge on any atom is -0.382 e. The van der Waals surface area contributed by atoms with Crippen molar-refractivity contribution in [3.8, 4) is 0 Å². The van der Waals surface area contributed by atoms with Gasteiger partial charge in [-0.25, -0.2) is 0 Å². The van der Waals surface area contributed by atoms with Crippen LogP contribution in [0.3, 0.4) is 0 Å². The molecule has 0 saturated carbocycles. The van der Waals surface area contributed by atoms with E-state index in [-0.39, 0.29) is 30.3 Å². The Balaban J connectivity index is 1.99. The molecule has 0 aromatic heterocycles. The molecule has 5 heteroatoms. The van der Waals surface area contributed by atoms with Crippen LogP contribution >= 0.6 is 0 Å². The predicted octanol–water partition coefficient (Wildman–Crippen LogP) is 0.864. The van der Waals surface area contributed by atoms with Gasteiger partial charge in [-0.3, -0.25) is 9.59 Å². The molecule has 5 nitrogen and oxygen atoms in total. The van der Waals surface area contributed by atoms with E-state index < -0.39 is 0 Å². The van der Waals surface area contributed by atoms with Crippen LogP contribution in [-0.2, 0) is 16.0 Å². The Kier molecular flexibility index (Phi) is 4.27. The molecule has 2 atom stereocenters. The molecular formula is C15H21N3O2. The van der Waals surface area contributed by atoms with E-state index in [9.17, 15) is 9.59 Å². The lowest BCUT2D eigenvalue weighted by Crippen LogP contribution is -2.46. The number of fused-ring (bicyclic) bond motifs is 1. The van der Waals surface area contributed by atoms with Crippen LogP contribution in [0.1, 0.15) is 12.5 Å². The Morgan fingerprint density at radius 2 is 2.05 bits per heavy atom. The van der Waals surface area contributed by atoms with Gasteiger partial charge in [0.05, 0.1) is 12.5 Å². The third-order valence-corrected chi connectivity index (χ3v) is 3.69. The molecule has 1 aromatic rings. The number of hydrogen-bond donors (Lipinski definition) is 2. The molecule has 1 aromatic carbocycles. The summed E-state index contributed by atoms with van der Waals surface area (Å²) >= 11 is 0. The molecule has 2 unspecified atom stereocenters.